The maximum absolute atomic E-state index is 10.7. The van der Waals surface area contributed by atoms with Crippen molar-refractivity contribution in [2.75, 3.05) is 19.5 Å². The van der Waals surface area contributed by atoms with Crippen LogP contribution in [-0.4, -0.2) is 29.0 Å². The minimum atomic E-state index is -0.508. The zero-order chi connectivity index (χ0) is 15.4. The molecule has 0 saturated heterocycles. The Labute approximate surface area is 128 Å². The summed E-state index contributed by atoms with van der Waals surface area (Å²) in [6.07, 6.45) is 1.53. The summed E-state index contributed by atoms with van der Waals surface area (Å²) in [5, 5.41) is 13.5. The number of anilines is 1. The van der Waals surface area contributed by atoms with Gasteiger partial charge in [0.05, 0.1) is 28.8 Å². The number of hydrogen-bond donors (Lipinski definition) is 1. The van der Waals surface area contributed by atoms with Crippen LogP contribution in [0.4, 0.5) is 11.6 Å². The smallest absolute Gasteiger partial charge is 0.273 e. The molecule has 0 spiro atoms. The van der Waals surface area contributed by atoms with E-state index >= 15 is 0 Å². The summed E-state index contributed by atoms with van der Waals surface area (Å²) in [5.74, 6) is 1.20. The predicted octanol–water partition coefficient (Wildman–Crippen LogP) is 2.99. The first-order chi connectivity index (χ1) is 10.0. The van der Waals surface area contributed by atoms with Gasteiger partial charge in [0.25, 0.3) is 5.69 Å². The molecule has 1 aromatic carbocycles. The number of methoxy groups -OCH3 is 1. The maximum Gasteiger partial charge on any atom is 0.273 e. The van der Waals surface area contributed by atoms with Crippen molar-refractivity contribution in [2.24, 2.45) is 0 Å². The summed E-state index contributed by atoms with van der Waals surface area (Å²) >= 11 is 3.27. The molecule has 0 amide bonds. The molecule has 8 nitrogen and oxygen atoms in total. The molecule has 0 unspecified atom stereocenters. The molecule has 0 bridgehead atoms. The lowest BCUT2D eigenvalue weighted by atomic mass is 10.3. The SMILES string of the molecule is CNc1ncc(Br)c(Oc2ccc([N+](=O)[O-])cc2OC)n1. The van der Waals surface area contributed by atoms with Crippen LogP contribution in [0.3, 0.4) is 0 Å². The lowest BCUT2D eigenvalue weighted by molar-refractivity contribution is -0.384. The first kappa shape index (κ1) is 15.0. The zero-order valence-electron chi connectivity index (χ0n) is 11.2. The molecule has 0 radical (unpaired) electrons. The van der Waals surface area contributed by atoms with Crippen molar-refractivity contribution in [1.29, 1.82) is 0 Å². The number of aromatic nitrogens is 2. The molecule has 0 saturated carbocycles. The minimum Gasteiger partial charge on any atom is -0.493 e. The first-order valence-electron chi connectivity index (χ1n) is 5.75. The Morgan fingerprint density at radius 3 is 2.76 bits per heavy atom. The summed E-state index contributed by atoms with van der Waals surface area (Å²) in [5.41, 5.74) is -0.0862. The molecule has 0 aliphatic carbocycles. The predicted molar refractivity (Wildman–Crippen MR) is 79.0 cm³/mol. The Hall–Kier alpha value is -2.42. The molecule has 0 fully saturated rings. The van der Waals surface area contributed by atoms with Crippen molar-refractivity contribution in [3.63, 3.8) is 0 Å². The standard InChI is InChI=1S/C12H11BrN4O4/c1-14-12-15-6-8(13)11(16-12)21-9-4-3-7(17(18)19)5-10(9)20-2/h3-6H,1-2H3,(H,14,15,16). The van der Waals surface area contributed by atoms with E-state index in [-0.39, 0.29) is 17.3 Å². The van der Waals surface area contributed by atoms with Gasteiger partial charge in [-0.2, -0.15) is 4.98 Å². The van der Waals surface area contributed by atoms with Gasteiger partial charge in [0, 0.05) is 13.1 Å². The Kier molecular flexibility index (Phi) is 4.53. The third kappa shape index (κ3) is 3.37. The molecule has 0 aliphatic rings. The zero-order valence-corrected chi connectivity index (χ0v) is 12.7. The number of ether oxygens (including phenoxy) is 2. The highest BCUT2D eigenvalue weighted by Crippen LogP contribution is 2.36. The van der Waals surface area contributed by atoms with E-state index in [0.29, 0.717) is 16.2 Å². The van der Waals surface area contributed by atoms with Gasteiger partial charge in [0.1, 0.15) is 0 Å². The summed E-state index contributed by atoms with van der Waals surface area (Å²) in [4.78, 5) is 18.4. The van der Waals surface area contributed by atoms with Crippen LogP contribution in [0.15, 0.2) is 28.9 Å². The Balaban J connectivity index is 2.37. The molecular formula is C12H11BrN4O4. The van der Waals surface area contributed by atoms with E-state index in [9.17, 15) is 10.1 Å². The van der Waals surface area contributed by atoms with E-state index in [0.717, 1.165) is 0 Å². The fourth-order valence-electron chi connectivity index (χ4n) is 1.50. The van der Waals surface area contributed by atoms with Crippen LogP contribution in [0, 0.1) is 10.1 Å². The van der Waals surface area contributed by atoms with Crippen molar-refractivity contribution in [2.45, 2.75) is 0 Å². The summed E-state index contributed by atoms with van der Waals surface area (Å²) in [6.45, 7) is 0. The topological polar surface area (TPSA) is 99.4 Å². The van der Waals surface area contributed by atoms with Crippen molar-refractivity contribution in [1.82, 2.24) is 9.97 Å². The average molecular weight is 355 g/mol. The summed E-state index contributed by atoms with van der Waals surface area (Å²) in [6, 6.07) is 4.06. The highest BCUT2D eigenvalue weighted by Gasteiger charge is 2.15. The number of hydrogen-bond acceptors (Lipinski definition) is 7. The van der Waals surface area contributed by atoms with E-state index in [1.165, 1.54) is 31.5 Å². The van der Waals surface area contributed by atoms with Gasteiger partial charge in [-0.15, -0.1) is 0 Å². The van der Waals surface area contributed by atoms with Crippen LogP contribution >= 0.6 is 15.9 Å². The van der Waals surface area contributed by atoms with E-state index < -0.39 is 4.92 Å². The quantitative estimate of drug-likeness (QED) is 0.650. The second-order valence-electron chi connectivity index (χ2n) is 3.79. The van der Waals surface area contributed by atoms with Gasteiger partial charge in [0.2, 0.25) is 11.8 Å². The van der Waals surface area contributed by atoms with Crippen molar-refractivity contribution >= 4 is 27.6 Å². The second-order valence-corrected chi connectivity index (χ2v) is 4.65. The molecule has 9 heteroatoms. The van der Waals surface area contributed by atoms with E-state index in [2.05, 4.69) is 31.2 Å². The Morgan fingerprint density at radius 1 is 1.38 bits per heavy atom. The van der Waals surface area contributed by atoms with Crippen molar-refractivity contribution < 1.29 is 14.4 Å². The van der Waals surface area contributed by atoms with Gasteiger partial charge < -0.3 is 14.8 Å². The summed E-state index contributed by atoms with van der Waals surface area (Å²) < 4.78 is 11.3. The highest BCUT2D eigenvalue weighted by atomic mass is 79.9. The number of halogens is 1. The highest BCUT2D eigenvalue weighted by molar-refractivity contribution is 9.10. The van der Waals surface area contributed by atoms with Crippen LogP contribution in [0.2, 0.25) is 0 Å². The first-order valence-corrected chi connectivity index (χ1v) is 6.55. The molecule has 110 valence electrons. The lowest BCUT2D eigenvalue weighted by Crippen LogP contribution is -1.99. The molecule has 0 atom stereocenters. The molecule has 1 N–H and O–H groups in total. The average Bonchev–Trinajstić information content (AvgIpc) is 2.49. The number of nitrogens with one attached hydrogen (secondary N) is 1. The molecule has 1 heterocycles. The molecule has 2 rings (SSSR count). The van der Waals surface area contributed by atoms with Gasteiger partial charge in [-0.1, -0.05) is 0 Å². The van der Waals surface area contributed by atoms with Crippen LogP contribution in [-0.2, 0) is 0 Å². The second kappa shape index (κ2) is 6.35. The normalized spacial score (nSPS) is 10.0. The van der Waals surface area contributed by atoms with Crippen molar-refractivity contribution in [3.8, 4) is 17.4 Å². The van der Waals surface area contributed by atoms with E-state index in [1.54, 1.807) is 7.05 Å². The number of nitrogens with zero attached hydrogens (tertiary/aromatic N) is 3. The fourth-order valence-corrected chi connectivity index (χ4v) is 1.77. The number of non-ortho nitro benzene ring substituents is 1. The fraction of sp³-hybridized carbons (Fsp3) is 0.167. The third-order valence-electron chi connectivity index (χ3n) is 2.50. The Morgan fingerprint density at radius 2 is 2.14 bits per heavy atom. The Bertz CT molecular complexity index is 680. The number of benzene rings is 1. The van der Waals surface area contributed by atoms with Crippen molar-refractivity contribution in [3.05, 3.63) is 39.0 Å². The van der Waals surface area contributed by atoms with E-state index in [1.807, 2.05) is 0 Å². The minimum absolute atomic E-state index is 0.0862. The summed E-state index contributed by atoms with van der Waals surface area (Å²) in [7, 11) is 3.08. The van der Waals surface area contributed by atoms with Gasteiger partial charge >= 0.3 is 0 Å². The van der Waals surface area contributed by atoms with Crippen LogP contribution in [0.25, 0.3) is 0 Å². The number of nitro benzene ring substituents is 1. The number of nitro groups is 1. The van der Waals surface area contributed by atoms with E-state index in [4.69, 9.17) is 9.47 Å². The van der Waals surface area contributed by atoms with Crippen LogP contribution in [0.1, 0.15) is 0 Å². The molecule has 21 heavy (non-hydrogen) atoms. The molecule has 1 aromatic heterocycles. The maximum atomic E-state index is 10.7. The lowest BCUT2D eigenvalue weighted by Gasteiger charge is -2.11. The van der Waals surface area contributed by atoms with Crippen LogP contribution in [0.5, 0.6) is 17.4 Å². The number of rotatable bonds is 5. The van der Waals surface area contributed by atoms with Crippen LogP contribution < -0.4 is 14.8 Å². The van der Waals surface area contributed by atoms with Gasteiger partial charge in [0.15, 0.2) is 11.5 Å². The molecule has 0 aliphatic heterocycles. The molecule has 2 aromatic rings. The largest absolute Gasteiger partial charge is 0.493 e. The van der Waals surface area contributed by atoms with Gasteiger partial charge in [-0.25, -0.2) is 4.98 Å². The third-order valence-corrected chi connectivity index (χ3v) is 3.04. The van der Waals surface area contributed by atoms with Gasteiger partial charge in [-0.3, -0.25) is 10.1 Å². The molecular weight excluding hydrogens is 344 g/mol. The van der Waals surface area contributed by atoms with Gasteiger partial charge in [-0.05, 0) is 22.0 Å². The monoisotopic (exact) mass is 354 g/mol.